The largest absolute Gasteiger partial charge is 0.454 e. The first-order valence-corrected chi connectivity index (χ1v) is 5.36. The molecule has 1 aromatic rings. The van der Waals surface area contributed by atoms with Crippen LogP contribution in [0, 0.1) is 0 Å². The summed E-state index contributed by atoms with van der Waals surface area (Å²) in [5.74, 6) is -0.297. The number of hydrogen-bond acceptors (Lipinski definition) is 2. The molecule has 1 heterocycles. The Morgan fingerprint density at radius 2 is 2.06 bits per heavy atom. The maximum atomic E-state index is 11.6. The standard InChI is InChI=1S/C13H11ClO2/c1-9(14)7-11-8-12(13(15)16-11)10-5-3-2-4-6-10/h2-6,8,11H,1,7H2/t11-/m1/s1. The molecule has 0 spiro atoms. The molecule has 1 aliphatic rings. The summed E-state index contributed by atoms with van der Waals surface area (Å²) in [6.07, 6.45) is 1.97. The highest BCUT2D eigenvalue weighted by Crippen LogP contribution is 2.27. The van der Waals surface area contributed by atoms with Gasteiger partial charge in [0.2, 0.25) is 0 Å². The molecule has 0 fully saturated rings. The normalized spacial score (nSPS) is 19.2. The third kappa shape index (κ3) is 2.34. The van der Waals surface area contributed by atoms with Gasteiger partial charge in [0.1, 0.15) is 6.10 Å². The minimum atomic E-state index is -0.297. The van der Waals surface area contributed by atoms with E-state index < -0.39 is 0 Å². The van der Waals surface area contributed by atoms with Crippen molar-refractivity contribution in [3.63, 3.8) is 0 Å². The van der Waals surface area contributed by atoms with Gasteiger partial charge in [-0.25, -0.2) is 4.79 Å². The lowest BCUT2D eigenvalue weighted by Gasteiger charge is -2.05. The van der Waals surface area contributed by atoms with E-state index in [1.807, 2.05) is 30.3 Å². The molecule has 0 radical (unpaired) electrons. The average molecular weight is 235 g/mol. The summed E-state index contributed by atoms with van der Waals surface area (Å²) in [6, 6.07) is 9.44. The maximum Gasteiger partial charge on any atom is 0.339 e. The second kappa shape index (κ2) is 4.54. The van der Waals surface area contributed by atoms with Crippen LogP contribution in [-0.4, -0.2) is 12.1 Å². The highest BCUT2D eigenvalue weighted by atomic mass is 35.5. The molecule has 1 aromatic carbocycles. The zero-order valence-electron chi connectivity index (χ0n) is 8.65. The van der Waals surface area contributed by atoms with Gasteiger partial charge in [0, 0.05) is 11.5 Å². The smallest absolute Gasteiger partial charge is 0.339 e. The number of cyclic esters (lactones) is 1. The molecule has 0 aliphatic carbocycles. The lowest BCUT2D eigenvalue weighted by Crippen LogP contribution is -2.07. The van der Waals surface area contributed by atoms with Crippen LogP contribution in [0.5, 0.6) is 0 Å². The van der Waals surface area contributed by atoms with Gasteiger partial charge in [0.05, 0.1) is 5.57 Å². The van der Waals surface area contributed by atoms with Crippen LogP contribution in [0.3, 0.4) is 0 Å². The van der Waals surface area contributed by atoms with Crippen molar-refractivity contribution < 1.29 is 9.53 Å². The summed E-state index contributed by atoms with van der Waals surface area (Å²) < 4.78 is 5.16. The molecule has 0 unspecified atom stereocenters. The van der Waals surface area contributed by atoms with Gasteiger partial charge >= 0.3 is 5.97 Å². The van der Waals surface area contributed by atoms with Gasteiger partial charge in [-0.3, -0.25) is 0 Å². The van der Waals surface area contributed by atoms with Gasteiger partial charge in [-0.2, -0.15) is 0 Å². The van der Waals surface area contributed by atoms with E-state index in [0.717, 1.165) is 5.56 Å². The number of esters is 1. The second-order valence-electron chi connectivity index (χ2n) is 3.61. The second-order valence-corrected chi connectivity index (χ2v) is 4.15. The van der Waals surface area contributed by atoms with Crippen LogP contribution in [0.15, 0.2) is 48.0 Å². The van der Waals surface area contributed by atoms with E-state index >= 15 is 0 Å². The maximum absolute atomic E-state index is 11.6. The van der Waals surface area contributed by atoms with Crippen molar-refractivity contribution in [2.24, 2.45) is 0 Å². The Bertz CT molecular complexity index is 448. The van der Waals surface area contributed by atoms with E-state index in [-0.39, 0.29) is 12.1 Å². The van der Waals surface area contributed by atoms with Gasteiger partial charge in [0.15, 0.2) is 0 Å². The van der Waals surface area contributed by atoms with Crippen molar-refractivity contribution in [1.29, 1.82) is 0 Å². The summed E-state index contributed by atoms with van der Waals surface area (Å²) >= 11 is 5.68. The number of halogens is 1. The zero-order chi connectivity index (χ0) is 11.5. The van der Waals surface area contributed by atoms with Crippen molar-refractivity contribution in [3.05, 3.63) is 53.6 Å². The fraction of sp³-hybridized carbons (Fsp3) is 0.154. The molecule has 2 nitrogen and oxygen atoms in total. The van der Waals surface area contributed by atoms with Crippen LogP contribution in [-0.2, 0) is 9.53 Å². The summed E-state index contributed by atoms with van der Waals surface area (Å²) in [5, 5.41) is 0.489. The van der Waals surface area contributed by atoms with Gasteiger partial charge in [-0.1, -0.05) is 48.5 Å². The molecule has 1 aliphatic heterocycles. The Kier molecular flexibility index (Phi) is 3.11. The van der Waals surface area contributed by atoms with Crippen LogP contribution in [0.1, 0.15) is 12.0 Å². The van der Waals surface area contributed by atoms with Crippen molar-refractivity contribution in [3.8, 4) is 0 Å². The first-order valence-electron chi connectivity index (χ1n) is 4.98. The van der Waals surface area contributed by atoms with Crippen molar-refractivity contribution >= 4 is 23.1 Å². The topological polar surface area (TPSA) is 26.3 Å². The first kappa shape index (κ1) is 11.0. The number of ether oxygens (including phenoxy) is 1. The number of rotatable bonds is 3. The molecule has 0 saturated heterocycles. The Morgan fingerprint density at radius 1 is 1.38 bits per heavy atom. The number of hydrogen-bond donors (Lipinski definition) is 0. The molecular formula is C13H11ClO2. The molecule has 0 bridgehead atoms. The molecule has 82 valence electrons. The van der Waals surface area contributed by atoms with E-state index in [2.05, 4.69) is 6.58 Å². The third-order valence-corrected chi connectivity index (χ3v) is 2.49. The Balaban J connectivity index is 2.22. The van der Waals surface area contributed by atoms with Crippen molar-refractivity contribution in [2.75, 3.05) is 0 Å². The van der Waals surface area contributed by atoms with Gasteiger partial charge in [0.25, 0.3) is 0 Å². The molecule has 0 aromatic heterocycles. The average Bonchev–Trinajstić information content (AvgIpc) is 2.60. The molecular weight excluding hydrogens is 224 g/mol. The lowest BCUT2D eigenvalue weighted by molar-refractivity contribution is -0.137. The highest BCUT2D eigenvalue weighted by Gasteiger charge is 2.26. The Labute approximate surface area is 99.2 Å². The molecule has 2 rings (SSSR count). The molecule has 0 amide bonds. The Hall–Kier alpha value is -1.54. The van der Waals surface area contributed by atoms with Gasteiger partial charge in [-0.05, 0) is 11.6 Å². The number of benzene rings is 1. The molecule has 1 atom stereocenters. The monoisotopic (exact) mass is 234 g/mol. The predicted octanol–water partition coefficient (Wildman–Crippen LogP) is 3.14. The minimum Gasteiger partial charge on any atom is -0.454 e. The number of carbonyl (C=O) groups is 1. The van der Waals surface area contributed by atoms with Crippen LogP contribution < -0.4 is 0 Å². The van der Waals surface area contributed by atoms with Crippen molar-refractivity contribution in [2.45, 2.75) is 12.5 Å². The van der Waals surface area contributed by atoms with Crippen LogP contribution in [0.4, 0.5) is 0 Å². The summed E-state index contributed by atoms with van der Waals surface area (Å²) in [7, 11) is 0. The third-order valence-electron chi connectivity index (χ3n) is 2.34. The summed E-state index contributed by atoms with van der Waals surface area (Å²) in [6.45, 7) is 3.59. The van der Waals surface area contributed by atoms with Gasteiger partial charge in [-0.15, -0.1) is 0 Å². The van der Waals surface area contributed by atoms with E-state index in [9.17, 15) is 4.79 Å². The van der Waals surface area contributed by atoms with Gasteiger partial charge < -0.3 is 4.74 Å². The SMILES string of the molecule is C=C(Cl)C[C@@H]1C=C(c2ccccc2)C(=O)O1. The lowest BCUT2D eigenvalue weighted by atomic mass is 10.1. The van der Waals surface area contributed by atoms with Crippen LogP contribution >= 0.6 is 11.6 Å². The molecule has 0 saturated carbocycles. The van der Waals surface area contributed by atoms with Crippen LogP contribution in [0.2, 0.25) is 0 Å². The summed E-state index contributed by atoms with van der Waals surface area (Å²) in [4.78, 5) is 11.6. The fourth-order valence-corrected chi connectivity index (χ4v) is 1.79. The Morgan fingerprint density at radius 3 is 2.69 bits per heavy atom. The van der Waals surface area contributed by atoms with E-state index in [1.54, 1.807) is 6.08 Å². The van der Waals surface area contributed by atoms with E-state index in [4.69, 9.17) is 16.3 Å². The first-order chi connectivity index (χ1) is 7.66. The van der Waals surface area contributed by atoms with E-state index in [1.165, 1.54) is 0 Å². The van der Waals surface area contributed by atoms with E-state index in [0.29, 0.717) is 17.0 Å². The minimum absolute atomic E-state index is 0.285. The summed E-state index contributed by atoms with van der Waals surface area (Å²) in [5.41, 5.74) is 1.47. The predicted molar refractivity (Wildman–Crippen MR) is 63.9 cm³/mol. The molecule has 0 N–H and O–H groups in total. The number of carbonyl (C=O) groups excluding carboxylic acids is 1. The molecule has 3 heteroatoms. The highest BCUT2D eigenvalue weighted by molar-refractivity contribution is 6.29. The fourth-order valence-electron chi connectivity index (χ4n) is 1.64. The quantitative estimate of drug-likeness (QED) is 0.751. The zero-order valence-corrected chi connectivity index (χ0v) is 9.41. The van der Waals surface area contributed by atoms with Crippen LogP contribution in [0.25, 0.3) is 5.57 Å². The molecule has 16 heavy (non-hydrogen) atoms. The van der Waals surface area contributed by atoms with Crippen molar-refractivity contribution in [1.82, 2.24) is 0 Å².